The molecule has 6 unspecified atom stereocenters. The Morgan fingerprint density at radius 2 is 0.893 bits per heavy atom. The van der Waals surface area contributed by atoms with E-state index in [-0.39, 0.29) is 36.0 Å². The number of hydrogen-bond donors (Lipinski definition) is 11. The fourth-order valence-corrected chi connectivity index (χ4v) is 19.1. The first-order valence-electron chi connectivity index (χ1n) is 42.1. The zero-order valence-corrected chi connectivity index (χ0v) is 68.9. The summed E-state index contributed by atoms with van der Waals surface area (Å²) in [5.74, 6) is 2.53. The largest absolute Gasteiger partial charge is 0.497 e. The molecule has 0 bridgehead atoms. The Morgan fingerprint density at radius 1 is 0.455 bits per heavy atom. The predicted octanol–water partition coefficient (Wildman–Crippen LogP) is 19.7. The van der Waals surface area contributed by atoms with Crippen LogP contribution < -0.4 is 45.5 Å². The first-order chi connectivity index (χ1) is 59.5. The van der Waals surface area contributed by atoms with E-state index in [1.165, 1.54) is 127 Å². The summed E-state index contributed by atoms with van der Waals surface area (Å²) in [6, 6.07) is 83.9. The number of aromatic nitrogens is 5. The van der Waals surface area contributed by atoms with Gasteiger partial charge in [-0.3, -0.25) is 10.1 Å². The van der Waals surface area contributed by atoms with Gasteiger partial charge >= 0.3 is 5.97 Å². The number of furan rings is 1. The van der Waals surface area contributed by atoms with E-state index in [4.69, 9.17) is 35.6 Å². The van der Waals surface area contributed by atoms with Crippen molar-refractivity contribution in [2.45, 2.75) is 113 Å². The van der Waals surface area contributed by atoms with Crippen molar-refractivity contribution in [3.05, 3.63) is 357 Å². The van der Waals surface area contributed by atoms with Crippen molar-refractivity contribution in [2.75, 3.05) is 47.5 Å². The maximum atomic E-state index is 13.5. The number of carbonyl (C=O) groups is 1. The first kappa shape index (κ1) is 79.4. The monoisotopic (exact) mass is 1630 g/mol. The molecule has 0 spiro atoms. The number of nitrogens with zero attached hydrogens (tertiary/aromatic N) is 1. The zero-order valence-electron chi connectivity index (χ0n) is 68.1. The van der Waals surface area contributed by atoms with Crippen molar-refractivity contribution in [3.63, 3.8) is 0 Å². The third kappa shape index (κ3) is 16.9. The molecule has 1 fully saturated rings. The fraction of sp³-hybridized carbons (Fsp3) is 0.248. The number of methoxy groups -OCH3 is 3. The third-order valence-corrected chi connectivity index (χ3v) is 25.1. The number of H-pyrrole nitrogens is 5. The molecule has 16 aromatic rings. The molecule has 6 aliphatic rings. The van der Waals surface area contributed by atoms with Gasteiger partial charge in [-0.25, -0.2) is 4.39 Å². The maximum Gasteiger partial charge on any atom is 0.321 e. The Hall–Kier alpha value is -12.7. The quantitative estimate of drug-likeness (QED) is 0.0483. The maximum absolute atomic E-state index is 13.5. The molecular formula is C101H100FN11O7S. The molecule has 614 valence electrons. The number of thiocarbonyl (C=S) groups is 1. The van der Waals surface area contributed by atoms with Gasteiger partial charge in [0.15, 0.2) is 5.11 Å². The summed E-state index contributed by atoms with van der Waals surface area (Å²) in [6.45, 7) is 4.34. The highest BCUT2D eigenvalue weighted by molar-refractivity contribution is 7.80. The minimum absolute atomic E-state index is 0.0793. The molecular weight excluding hydrogens is 1530 g/mol. The topological polar surface area (TPSA) is 230 Å². The lowest BCUT2D eigenvalue weighted by molar-refractivity contribution is -0.139. The number of nitrogens with one attached hydrogen (secondary N) is 10. The van der Waals surface area contributed by atoms with E-state index in [0.29, 0.717) is 19.1 Å². The van der Waals surface area contributed by atoms with Gasteiger partial charge in [0.25, 0.3) is 0 Å². The minimum atomic E-state index is -0.808. The van der Waals surface area contributed by atoms with Crippen molar-refractivity contribution >= 4 is 77.8 Å². The fourth-order valence-electron chi connectivity index (χ4n) is 18.7. The minimum Gasteiger partial charge on any atom is -0.497 e. The molecule has 20 heteroatoms. The normalized spacial score (nSPS) is 18.4. The molecule has 0 radical (unpaired) electrons. The average molecular weight is 1630 g/mol. The second-order valence-corrected chi connectivity index (χ2v) is 32.3. The van der Waals surface area contributed by atoms with Crippen LogP contribution in [0.2, 0.25) is 0 Å². The molecule has 1 aliphatic carbocycles. The van der Waals surface area contributed by atoms with Crippen LogP contribution in [0.25, 0.3) is 54.5 Å². The molecule has 22 rings (SSSR count). The molecule has 0 amide bonds. The van der Waals surface area contributed by atoms with Crippen LogP contribution in [0.4, 0.5) is 4.39 Å². The summed E-state index contributed by atoms with van der Waals surface area (Å²) in [6.07, 6.45) is 14.4. The van der Waals surface area contributed by atoms with Crippen LogP contribution in [0.5, 0.6) is 23.0 Å². The number of benzene rings is 10. The number of aromatic amines is 5. The number of hydrogen-bond acceptors (Lipinski definition) is 11. The average Bonchev–Trinajstić information content (AvgIpc) is 1.64. The Balaban J connectivity index is 0.000000104. The van der Waals surface area contributed by atoms with Crippen molar-refractivity contribution in [1.29, 1.82) is 0 Å². The highest BCUT2D eigenvalue weighted by Crippen LogP contribution is 2.43. The van der Waals surface area contributed by atoms with E-state index in [0.717, 1.165) is 135 Å². The molecule has 0 saturated heterocycles. The molecule has 5 aliphatic heterocycles. The number of carboxylic acids is 1. The third-order valence-electron chi connectivity index (χ3n) is 24.7. The van der Waals surface area contributed by atoms with Gasteiger partial charge in [0.1, 0.15) is 41.5 Å². The number of aliphatic carboxylic acids is 1. The van der Waals surface area contributed by atoms with Crippen LogP contribution in [0.1, 0.15) is 152 Å². The van der Waals surface area contributed by atoms with Crippen molar-refractivity contribution in [3.8, 4) is 23.0 Å². The van der Waals surface area contributed by atoms with Crippen LogP contribution in [-0.2, 0) is 43.5 Å². The van der Waals surface area contributed by atoms with Crippen LogP contribution in [-0.4, -0.2) is 106 Å². The van der Waals surface area contributed by atoms with Gasteiger partial charge in [0.2, 0.25) is 0 Å². The van der Waals surface area contributed by atoms with Crippen molar-refractivity contribution < 1.29 is 37.7 Å². The van der Waals surface area contributed by atoms with E-state index >= 15 is 0 Å². The highest BCUT2D eigenvalue weighted by Gasteiger charge is 2.37. The van der Waals surface area contributed by atoms with Gasteiger partial charge in [0.05, 0.1) is 64.1 Å². The molecule has 1 saturated carbocycles. The summed E-state index contributed by atoms with van der Waals surface area (Å²) in [7, 11) is 5.07. The lowest BCUT2D eigenvalue weighted by Gasteiger charge is -2.39. The highest BCUT2D eigenvalue weighted by atomic mass is 32.1. The van der Waals surface area contributed by atoms with Crippen LogP contribution in [0.3, 0.4) is 0 Å². The van der Waals surface area contributed by atoms with E-state index in [1.54, 1.807) is 33.7 Å². The smallest absolute Gasteiger partial charge is 0.321 e. The Labute approximate surface area is 708 Å². The molecule has 11 N–H and O–H groups in total. The second-order valence-electron chi connectivity index (χ2n) is 31.9. The van der Waals surface area contributed by atoms with Gasteiger partial charge in [0, 0.05) is 127 Å². The van der Waals surface area contributed by atoms with Gasteiger partial charge < -0.3 is 79.6 Å². The number of halogens is 1. The van der Waals surface area contributed by atoms with Crippen molar-refractivity contribution in [1.82, 2.24) is 56.4 Å². The lowest BCUT2D eigenvalue weighted by atomic mass is 9.90. The Kier molecular flexibility index (Phi) is 23.7. The van der Waals surface area contributed by atoms with Gasteiger partial charge in [-0.1, -0.05) is 171 Å². The molecule has 10 aromatic carbocycles. The van der Waals surface area contributed by atoms with Crippen LogP contribution in [0.15, 0.2) is 266 Å². The number of para-hydroxylation sites is 3. The second kappa shape index (κ2) is 36.1. The summed E-state index contributed by atoms with van der Waals surface area (Å²) >= 11 is 5.97. The Morgan fingerprint density at radius 3 is 1.42 bits per heavy atom. The van der Waals surface area contributed by atoms with Gasteiger partial charge in [-0.15, -0.1) is 0 Å². The molecule has 6 atom stereocenters. The first-order valence-corrected chi connectivity index (χ1v) is 42.5. The van der Waals surface area contributed by atoms with E-state index in [9.17, 15) is 14.3 Å². The van der Waals surface area contributed by atoms with E-state index in [2.05, 4.69) is 172 Å². The SMILES string of the molecule is COc1ccc(C2NCCc3c2[nH]c2ccc(F)cc32)cc1.COc1ccc(C2NCCc3c2[nH]c2ccccc32)cc1.COc1ccc(C2c3[nH]c4ccccc4c3CCN2C(=S)NC2CCCCC2)cc1.O=C(O)C1Cc2c([nH]c3ccccc23)C(c2ccccc2)N1.c1ccc(COc2ccc3[nH]c4c(c3c2)CCNC4c2ccoc2)cc1. The molecule has 11 heterocycles. The van der Waals surface area contributed by atoms with E-state index < -0.39 is 12.0 Å². The van der Waals surface area contributed by atoms with Crippen molar-refractivity contribution in [2.24, 2.45) is 0 Å². The van der Waals surface area contributed by atoms with Crippen LogP contribution >= 0.6 is 12.2 Å². The molecule has 18 nitrogen and oxygen atoms in total. The van der Waals surface area contributed by atoms with E-state index in [1.807, 2.05) is 128 Å². The van der Waals surface area contributed by atoms with Gasteiger partial charge in [-0.05, 0) is 203 Å². The standard InChI is InChI=1S/C25H29N3OS.C22H20N2O2.C18H17FN2O.C18H16N2O2.C18H18N2O/c1-29-19-13-11-17(12-14-19)24-23-21(20-9-5-6-10-22(20)27-23)15-16-28(24)25(30)26-18-7-3-2-4-8-18;1-2-4-15(5-3-1)13-26-17-6-7-20-19(12-17)18-8-10-23-21(22(18)24-20)16-9-11-25-14-16;1-22-13-5-2-11(3-6-13)17-18-14(8-9-20-17)15-10-12(19)4-7-16(15)21-18;21-18(22)15-10-13-12-8-4-5-9-14(12)19-17(13)16(20-15)11-6-2-1-3-7-11;1-21-13-8-6-12(7-9-13)17-18-15(10-11-19-17)14-4-2-3-5-16(14)20-18/h5-6,9-14,18,24,27H,2-4,7-8,15-16H2,1H3,(H,26,30);1-7,9,11-12,14,21,23-24H,8,10,13H2;2-7,10,17,20-21H,8-9H2,1H3;1-9,15-16,19-20H,10H2,(H,21,22);2-9,17,19-20H,10-11H2,1H3. The number of rotatable bonds is 13. The Bertz CT molecular complexity index is 6250. The summed E-state index contributed by atoms with van der Waals surface area (Å²) in [5, 5.41) is 34.1. The lowest BCUT2D eigenvalue weighted by Crippen LogP contribution is -2.49. The van der Waals surface area contributed by atoms with Gasteiger partial charge in [-0.2, -0.15) is 0 Å². The molecule has 121 heavy (non-hydrogen) atoms. The van der Waals surface area contributed by atoms with Crippen LogP contribution in [0, 0.1) is 5.82 Å². The number of fused-ring (bicyclic) bond motifs is 15. The number of ether oxygens (including phenoxy) is 4. The molecule has 6 aromatic heterocycles. The predicted molar refractivity (Wildman–Crippen MR) is 482 cm³/mol. The zero-order chi connectivity index (χ0) is 82.3. The number of carboxylic acid groups (broad SMARTS) is 1. The summed E-state index contributed by atoms with van der Waals surface area (Å²) in [5.41, 5.74) is 25.3. The summed E-state index contributed by atoms with van der Waals surface area (Å²) in [4.78, 5) is 31.7. The summed E-state index contributed by atoms with van der Waals surface area (Å²) < 4.78 is 40.7.